The SMILES string of the molecule is C=CCn1c(SCC(=O)Nc2ccnn2C2CCCC2)nc2scc(-c3ccccc3)c2c1=O. The molecule has 0 saturated heterocycles. The molecule has 1 saturated carbocycles. The number of rotatable bonds is 8. The van der Waals surface area contributed by atoms with Crippen LogP contribution in [-0.2, 0) is 11.3 Å². The molecule has 5 rings (SSSR count). The van der Waals surface area contributed by atoms with Crippen LogP contribution in [0, 0.1) is 0 Å². The Morgan fingerprint density at radius 1 is 1.24 bits per heavy atom. The molecule has 0 spiro atoms. The standard InChI is InChI=1S/C25H25N5O2S2/c1-2-14-29-24(32)22-19(17-8-4-3-5-9-17)15-33-23(22)28-25(29)34-16-21(31)27-20-12-13-26-30(20)18-10-6-7-11-18/h2-5,8-9,12-13,15,18H,1,6-7,10-11,14,16H2,(H,27,31). The molecule has 34 heavy (non-hydrogen) atoms. The van der Waals surface area contributed by atoms with Crippen molar-refractivity contribution in [1.29, 1.82) is 0 Å². The van der Waals surface area contributed by atoms with Crippen LogP contribution in [0.1, 0.15) is 31.7 Å². The summed E-state index contributed by atoms with van der Waals surface area (Å²) in [5.41, 5.74) is 1.74. The van der Waals surface area contributed by atoms with E-state index in [9.17, 15) is 9.59 Å². The Labute approximate surface area is 205 Å². The lowest BCUT2D eigenvalue weighted by Gasteiger charge is -2.15. The van der Waals surface area contributed by atoms with Crippen LogP contribution in [0.5, 0.6) is 0 Å². The molecular formula is C25H25N5O2S2. The molecule has 7 nitrogen and oxygen atoms in total. The first-order chi connectivity index (χ1) is 16.7. The first-order valence-electron chi connectivity index (χ1n) is 11.3. The van der Waals surface area contributed by atoms with Gasteiger partial charge in [0, 0.05) is 23.6 Å². The second-order valence-corrected chi connectivity index (χ2v) is 10.0. The van der Waals surface area contributed by atoms with Gasteiger partial charge in [0.1, 0.15) is 10.6 Å². The predicted octanol–water partition coefficient (Wildman–Crippen LogP) is 5.35. The van der Waals surface area contributed by atoms with Gasteiger partial charge in [-0.05, 0) is 18.4 Å². The molecule has 0 aliphatic heterocycles. The van der Waals surface area contributed by atoms with Crippen LogP contribution in [0.25, 0.3) is 21.3 Å². The number of hydrogen-bond donors (Lipinski definition) is 1. The number of nitrogens with one attached hydrogen (secondary N) is 1. The molecule has 0 radical (unpaired) electrons. The lowest BCUT2D eigenvalue weighted by atomic mass is 10.1. The number of hydrogen-bond acceptors (Lipinski definition) is 6. The van der Waals surface area contributed by atoms with Crippen LogP contribution in [0.3, 0.4) is 0 Å². The minimum atomic E-state index is -0.152. The van der Waals surface area contributed by atoms with E-state index in [-0.39, 0.29) is 17.2 Å². The summed E-state index contributed by atoms with van der Waals surface area (Å²) in [5, 5.41) is 10.5. The normalized spacial score (nSPS) is 14.0. The number of amides is 1. The van der Waals surface area contributed by atoms with Gasteiger partial charge in [0.15, 0.2) is 5.16 Å². The maximum atomic E-state index is 13.4. The fourth-order valence-electron chi connectivity index (χ4n) is 4.40. The summed E-state index contributed by atoms with van der Waals surface area (Å²) in [5.74, 6) is 0.706. The number of nitrogens with zero attached hydrogens (tertiary/aromatic N) is 4. The molecule has 0 bridgehead atoms. The van der Waals surface area contributed by atoms with E-state index in [1.54, 1.807) is 16.8 Å². The van der Waals surface area contributed by atoms with Crippen LogP contribution in [0.4, 0.5) is 5.82 Å². The first kappa shape index (κ1) is 22.6. The van der Waals surface area contributed by atoms with Gasteiger partial charge in [-0.2, -0.15) is 5.10 Å². The van der Waals surface area contributed by atoms with Crippen molar-refractivity contribution in [3.05, 3.63) is 71.0 Å². The quantitative estimate of drug-likeness (QED) is 0.204. The zero-order valence-corrected chi connectivity index (χ0v) is 20.3. The van der Waals surface area contributed by atoms with Crippen molar-refractivity contribution in [3.8, 4) is 11.1 Å². The van der Waals surface area contributed by atoms with Gasteiger partial charge in [-0.3, -0.25) is 14.2 Å². The van der Waals surface area contributed by atoms with E-state index in [0.717, 1.165) is 29.8 Å². The van der Waals surface area contributed by atoms with Crippen LogP contribution in [0.15, 0.2) is 70.6 Å². The molecule has 3 heterocycles. The van der Waals surface area contributed by atoms with E-state index in [4.69, 9.17) is 4.98 Å². The second kappa shape index (κ2) is 9.99. The van der Waals surface area contributed by atoms with Crippen LogP contribution < -0.4 is 10.9 Å². The average molecular weight is 492 g/mol. The summed E-state index contributed by atoms with van der Waals surface area (Å²) < 4.78 is 3.51. The minimum absolute atomic E-state index is 0.118. The van der Waals surface area contributed by atoms with Gasteiger partial charge in [-0.15, -0.1) is 17.9 Å². The molecule has 1 fully saturated rings. The van der Waals surface area contributed by atoms with Gasteiger partial charge in [-0.25, -0.2) is 9.67 Å². The maximum Gasteiger partial charge on any atom is 0.263 e. The molecule has 1 aliphatic carbocycles. The van der Waals surface area contributed by atoms with Gasteiger partial charge in [0.05, 0.1) is 23.4 Å². The third-order valence-electron chi connectivity index (χ3n) is 6.00. The van der Waals surface area contributed by atoms with E-state index in [0.29, 0.717) is 28.0 Å². The summed E-state index contributed by atoms with van der Waals surface area (Å²) in [7, 11) is 0. The molecule has 1 aliphatic rings. The Morgan fingerprint density at radius 3 is 2.79 bits per heavy atom. The lowest BCUT2D eigenvalue weighted by Crippen LogP contribution is -2.24. The summed E-state index contributed by atoms with van der Waals surface area (Å²) in [6.07, 6.45) is 7.95. The Morgan fingerprint density at radius 2 is 2.03 bits per heavy atom. The molecule has 174 valence electrons. The number of thioether (sulfide) groups is 1. The zero-order valence-electron chi connectivity index (χ0n) is 18.6. The molecule has 3 aromatic heterocycles. The zero-order chi connectivity index (χ0) is 23.5. The monoisotopic (exact) mass is 491 g/mol. The highest BCUT2D eigenvalue weighted by molar-refractivity contribution is 7.99. The Bertz CT molecular complexity index is 1380. The number of thiophene rings is 1. The lowest BCUT2D eigenvalue weighted by molar-refractivity contribution is -0.113. The molecule has 1 amide bonds. The van der Waals surface area contributed by atoms with Crippen molar-refractivity contribution >= 4 is 45.0 Å². The Hall–Kier alpha value is -3.17. The van der Waals surface area contributed by atoms with E-state index in [1.165, 1.54) is 35.9 Å². The molecule has 1 aromatic carbocycles. The summed E-state index contributed by atoms with van der Waals surface area (Å²) in [4.78, 5) is 31.6. The Balaban J connectivity index is 1.38. The number of anilines is 1. The topological polar surface area (TPSA) is 81.8 Å². The second-order valence-electron chi connectivity index (χ2n) is 8.23. The molecule has 0 atom stereocenters. The van der Waals surface area contributed by atoms with Crippen molar-refractivity contribution in [3.63, 3.8) is 0 Å². The highest BCUT2D eigenvalue weighted by atomic mass is 32.2. The average Bonchev–Trinajstić information content (AvgIpc) is 3.61. The Kier molecular flexibility index (Phi) is 6.64. The van der Waals surface area contributed by atoms with E-state index >= 15 is 0 Å². The van der Waals surface area contributed by atoms with E-state index < -0.39 is 0 Å². The van der Waals surface area contributed by atoms with Crippen molar-refractivity contribution < 1.29 is 4.79 Å². The smallest absolute Gasteiger partial charge is 0.263 e. The molecular weight excluding hydrogens is 466 g/mol. The van der Waals surface area contributed by atoms with E-state index in [1.807, 2.05) is 46.5 Å². The first-order valence-corrected chi connectivity index (χ1v) is 13.2. The largest absolute Gasteiger partial charge is 0.310 e. The molecule has 4 aromatic rings. The third-order valence-corrected chi connectivity index (χ3v) is 7.84. The number of aromatic nitrogens is 4. The molecule has 9 heteroatoms. The maximum absolute atomic E-state index is 13.4. The number of benzene rings is 1. The van der Waals surface area contributed by atoms with Crippen molar-refractivity contribution in [2.75, 3.05) is 11.1 Å². The fourth-order valence-corrected chi connectivity index (χ4v) is 6.20. The number of carbonyl (C=O) groups is 1. The highest BCUT2D eigenvalue weighted by Crippen LogP contribution is 2.33. The van der Waals surface area contributed by atoms with Crippen molar-refractivity contribution in [2.45, 2.75) is 43.4 Å². The molecule has 1 N–H and O–H groups in total. The van der Waals surface area contributed by atoms with Gasteiger partial charge in [-0.1, -0.05) is 61.0 Å². The number of allylic oxidation sites excluding steroid dienone is 1. The summed E-state index contributed by atoms with van der Waals surface area (Å²) in [6, 6.07) is 12.0. The van der Waals surface area contributed by atoms with Crippen molar-refractivity contribution in [1.82, 2.24) is 19.3 Å². The summed E-state index contributed by atoms with van der Waals surface area (Å²) in [6.45, 7) is 4.12. The predicted molar refractivity (Wildman–Crippen MR) is 139 cm³/mol. The summed E-state index contributed by atoms with van der Waals surface area (Å²) >= 11 is 2.70. The van der Waals surface area contributed by atoms with Crippen LogP contribution in [-0.4, -0.2) is 31.0 Å². The van der Waals surface area contributed by atoms with Crippen molar-refractivity contribution in [2.24, 2.45) is 0 Å². The van der Waals surface area contributed by atoms with Gasteiger partial charge < -0.3 is 5.32 Å². The fraction of sp³-hybridized carbons (Fsp3) is 0.280. The molecule has 0 unspecified atom stereocenters. The third kappa shape index (κ3) is 4.45. The van der Waals surface area contributed by atoms with Crippen LogP contribution in [0.2, 0.25) is 0 Å². The van der Waals surface area contributed by atoms with Gasteiger partial charge in [0.25, 0.3) is 5.56 Å². The minimum Gasteiger partial charge on any atom is -0.310 e. The van der Waals surface area contributed by atoms with Crippen LogP contribution >= 0.6 is 23.1 Å². The van der Waals surface area contributed by atoms with E-state index in [2.05, 4.69) is 17.0 Å². The highest BCUT2D eigenvalue weighted by Gasteiger charge is 2.21. The number of fused-ring (bicyclic) bond motifs is 1. The van der Waals surface area contributed by atoms with Gasteiger partial charge in [0.2, 0.25) is 5.91 Å². The number of carbonyl (C=O) groups excluding carboxylic acids is 1. The van der Waals surface area contributed by atoms with Gasteiger partial charge >= 0.3 is 0 Å².